The molecular formula is C14H15NO2. The number of esters is 1. The zero-order valence-electron chi connectivity index (χ0n) is 9.77. The van der Waals surface area contributed by atoms with Gasteiger partial charge in [0.1, 0.15) is 0 Å². The molecule has 2 rings (SSSR count). The van der Waals surface area contributed by atoms with Crippen LogP contribution in [0.1, 0.15) is 23.2 Å². The summed E-state index contributed by atoms with van der Waals surface area (Å²) < 4.78 is 4.75. The molecule has 0 heterocycles. The van der Waals surface area contributed by atoms with Crippen molar-refractivity contribution in [2.24, 2.45) is 0 Å². The lowest BCUT2D eigenvalue weighted by molar-refractivity contribution is 0.0602. The predicted molar refractivity (Wildman–Crippen MR) is 67.9 cm³/mol. The lowest BCUT2D eigenvalue weighted by Gasteiger charge is -2.13. The highest BCUT2D eigenvalue weighted by molar-refractivity contribution is 5.95. The lowest BCUT2D eigenvalue weighted by Crippen LogP contribution is -2.07. The maximum Gasteiger partial charge on any atom is 0.339 e. The molecule has 0 radical (unpaired) electrons. The molecule has 0 fully saturated rings. The number of carbonyl (C=O) groups excluding carboxylic acids is 1. The summed E-state index contributed by atoms with van der Waals surface area (Å²) in [6.07, 6.45) is 8.36. The minimum Gasteiger partial charge on any atom is -0.465 e. The van der Waals surface area contributed by atoms with Crippen molar-refractivity contribution in [1.29, 1.82) is 0 Å². The van der Waals surface area contributed by atoms with E-state index in [0.717, 1.165) is 24.2 Å². The number of hydrogen-bond acceptors (Lipinski definition) is 3. The number of benzene rings is 1. The van der Waals surface area contributed by atoms with Crippen LogP contribution in [0.4, 0.5) is 5.69 Å². The molecule has 1 aliphatic carbocycles. The van der Waals surface area contributed by atoms with Crippen LogP contribution < -0.4 is 5.32 Å². The second-order valence-corrected chi connectivity index (χ2v) is 3.80. The van der Waals surface area contributed by atoms with Crippen LogP contribution >= 0.6 is 0 Å². The summed E-state index contributed by atoms with van der Waals surface area (Å²) in [7, 11) is 1.39. The van der Waals surface area contributed by atoms with Crippen LogP contribution in [0.15, 0.2) is 48.2 Å². The molecule has 1 aromatic carbocycles. The predicted octanol–water partition coefficient (Wildman–Crippen LogP) is 3.12. The summed E-state index contributed by atoms with van der Waals surface area (Å²) in [5, 5.41) is 3.24. The molecule has 1 N–H and O–H groups in total. The maximum absolute atomic E-state index is 11.6. The first-order valence-corrected chi connectivity index (χ1v) is 5.62. The summed E-state index contributed by atoms with van der Waals surface area (Å²) in [5.74, 6) is -0.325. The Morgan fingerprint density at radius 1 is 1.29 bits per heavy atom. The molecule has 1 aliphatic rings. The highest BCUT2D eigenvalue weighted by atomic mass is 16.5. The standard InChI is InChI=1S/C14H15NO2/c1-17-14(16)12-9-5-6-10-13(12)15-11-7-3-2-4-8-11/h3,5-10,15H,2,4H2,1H3. The Kier molecular flexibility index (Phi) is 3.60. The van der Waals surface area contributed by atoms with Crippen LogP contribution in [0.25, 0.3) is 0 Å². The topological polar surface area (TPSA) is 38.3 Å². The lowest BCUT2D eigenvalue weighted by atomic mass is 10.1. The Labute approximate surface area is 101 Å². The molecule has 0 unspecified atom stereocenters. The highest BCUT2D eigenvalue weighted by Gasteiger charge is 2.11. The van der Waals surface area contributed by atoms with Gasteiger partial charge in [-0.1, -0.05) is 24.3 Å². The molecule has 1 aromatic rings. The summed E-state index contributed by atoms with van der Waals surface area (Å²) >= 11 is 0. The molecule has 0 aliphatic heterocycles. The van der Waals surface area contributed by atoms with Crippen molar-refractivity contribution in [1.82, 2.24) is 0 Å². The number of carbonyl (C=O) groups is 1. The van der Waals surface area contributed by atoms with Gasteiger partial charge >= 0.3 is 5.97 Å². The van der Waals surface area contributed by atoms with E-state index < -0.39 is 0 Å². The Balaban J connectivity index is 2.23. The van der Waals surface area contributed by atoms with E-state index in [1.165, 1.54) is 7.11 Å². The van der Waals surface area contributed by atoms with Gasteiger partial charge < -0.3 is 10.1 Å². The zero-order valence-corrected chi connectivity index (χ0v) is 9.77. The quantitative estimate of drug-likeness (QED) is 0.809. The van der Waals surface area contributed by atoms with Gasteiger partial charge in [0.15, 0.2) is 0 Å². The second kappa shape index (κ2) is 5.34. The van der Waals surface area contributed by atoms with E-state index in [4.69, 9.17) is 4.74 Å². The van der Waals surface area contributed by atoms with E-state index in [9.17, 15) is 4.79 Å². The van der Waals surface area contributed by atoms with E-state index in [0.29, 0.717) is 5.56 Å². The molecule has 0 bridgehead atoms. The van der Waals surface area contributed by atoms with Crippen LogP contribution in [0.3, 0.4) is 0 Å². The number of ether oxygens (including phenoxy) is 1. The molecular weight excluding hydrogens is 214 g/mol. The van der Waals surface area contributed by atoms with Crippen molar-refractivity contribution in [3.63, 3.8) is 0 Å². The Hall–Kier alpha value is -2.03. The average molecular weight is 229 g/mol. The number of methoxy groups -OCH3 is 1. The molecule has 3 heteroatoms. The maximum atomic E-state index is 11.6. The third-order valence-electron chi connectivity index (χ3n) is 2.61. The van der Waals surface area contributed by atoms with Crippen molar-refractivity contribution in [3.8, 4) is 0 Å². The van der Waals surface area contributed by atoms with Gasteiger partial charge in [0.25, 0.3) is 0 Å². The van der Waals surface area contributed by atoms with E-state index >= 15 is 0 Å². The fraction of sp³-hybridized carbons (Fsp3) is 0.214. The largest absolute Gasteiger partial charge is 0.465 e. The second-order valence-electron chi connectivity index (χ2n) is 3.80. The minimum absolute atomic E-state index is 0.325. The normalized spacial score (nSPS) is 14.1. The first-order chi connectivity index (χ1) is 8.31. The fourth-order valence-electron chi connectivity index (χ4n) is 1.74. The summed E-state index contributed by atoms with van der Waals surface area (Å²) in [6.45, 7) is 0. The van der Waals surface area contributed by atoms with E-state index in [2.05, 4.69) is 17.5 Å². The third kappa shape index (κ3) is 2.75. The molecule has 3 nitrogen and oxygen atoms in total. The fourth-order valence-corrected chi connectivity index (χ4v) is 1.74. The molecule has 0 atom stereocenters. The van der Waals surface area contributed by atoms with Gasteiger partial charge in [0.05, 0.1) is 18.4 Å². The zero-order chi connectivity index (χ0) is 12.1. The monoisotopic (exact) mass is 229 g/mol. The van der Waals surface area contributed by atoms with Crippen LogP contribution in [0, 0.1) is 0 Å². The van der Waals surface area contributed by atoms with Gasteiger partial charge in [-0.2, -0.15) is 0 Å². The van der Waals surface area contributed by atoms with Crippen LogP contribution in [0.2, 0.25) is 0 Å². The van der Waals surface area contributed by atoms with Gasteiger partial charge in [-0.25, -0.2) is 4.79 Å². The Morgan fingerprint density at radius 3 is 2.82 bits per heavy atom. The first-order valence-electron chi connectivity index (χ1n) is 5.62. The third-order valence-corrected chi connectivity index (χ3v) is 2.61. The number of rotatable bonds is 3. The molecule has 88 valence electrons. The van der Waals surface area contributed by atoms with Gasteiger partial charge in [-0.05, 0) is 31.1 Å². The van der Waals surface area contributed by atoms with E-state index in [1.54, 1.807) is 6.07 Å². The highest BCUT2D eigenvalue weighted by Crippen LogP contribution is 2.20. The van der Waals surface area contributed by atoms with Crippen LogP contribution in [0.5, 0.6) is 0 Å². The van der Waals surface area contributed by atoms with Crippen molar-refractivity contribution >= 4 is 11.7 Å². The summed E-state index contributed by atoms with van der Waals surface area (Å²) in [5.41, 5.74) is 2.35. The van der Waals surface area contributed by atoms with Gasteiger partial charge in [0.2, 0.25) is 0 Å². The van der Waals surface area contributed by atoms with Crippen molar-refractivity contribution in [2.45, 2.75) is 12.8 Å². The number of hydrogen-bond donors (Lipinski definition) is 1. The molecule has 0 amide bonds. The molecule has 0 saturated carbocycles. The molecule has 0 aromatic heterocycles. The first kappa shape index (κ1) is 11.5. The van der Waals surface area contributed by atoms with Crippen molar-refractivity contribution in [2.75, 3.05) is 12.4 Å². The summed E-state index contributed by atoms with van der Waals surface area (Å²) in [6, 6.07) is 7.33. The van der Waals surface area contributed by atoms with Crippen molar-refractivity contribution < 1.29 is 9.53 Å². The van der Waals surface area contributed by atoms with Gasteiger partial charge in [-0.3, -0.25) is 0 Å². The Morgan fingerprint density at radius 2 is 2.12 bits per heavy atom. The van der Waals surface area contributed by atoms with E-state index in [-0.39, 0.29) is 5.97 Å². The van der Waals surface area contributed by atoms with Gasteiger partial charge in [-0.15, -0.1) is 0 Å². The van der Waals surface area contributed by atoms with Crippen LogP contribution in [-0.4, -0.2) is 13.1 Å². The van der Waals surface area contributed by atoms with E-state index in [1.807, 2.05) is 24.3 Å². The minimum atomic E-state index is -0.325. The van der Waals surface area contributed by atoms with Gasteiger partial charge in [0, 0.05) is 5.70 Å². The average Bonchev–Trinajstić information content (AvgIpc) is 2.40. The number of allylic oxidation sites excluding steroid dienone is 3. The molecule has 17 heavy (non-hydrogen) atoms. The van der Waals surface area contributed by atoms with Crippen molar-refractivity contribution in [3.05, 3.63) is 53.8 Å². The number of anilines is 1. The molecule has 0 spiro atoms. The number of para-hydroxylation sites is 1. The molecule has 0 saturated heterocycles. The SMILES string of the molecule is COC(=O)c1ccccc1NC1=CCCC=C1. The number of nitrogens with one attached hydrogen (secondary N) is 1. The van der Waals surface area contributed by atoms with Crippen LogP contribution in [-0.2, 0) is 4.74 Å². The summed E-state index contributed by atoms with van der Waals surface area (Å²) in [4.78, 5) is 11.6. The smallest absolute Gasteiger partial charge is 0.339 e. The Bertz CT molecular complexity index is 475.